The summed E-state index contributed by atoms with van der Waals surface area (Å²) in [5.74, 6) is 8.72. The molecule has 0 saturated heterocycles. The molecule has 3 rings (SSSR count). The Hall–Kier alpha value is -2.19. The molecule has 8 heteroatoms. The highest BCUT2D eigenvalue weighted by atomic mass is 32.2. The molecule has 2 N–H and O–H groups in total. The number of nitrogens with zero attached hydrogens (tertiary/aromatic N) is 3. The molecular weight excluding hydrogens is 383 g/mol. The Balaban J connectivity index is 1.50. The van der Waals surface area contributed by atoms with Crippen LogP contribution in [0.2, 0.25) is 0 Å². The summed E-state index contributed by atoms with van der Waals surface area (Å²) in [6, 6.07) is 12.8. The van der Waals surface area contributed by atoms with Crippen LogP contribution in [0.3, 0.4) is 0 Å². The van der Waals surface area contributed by atoms with Gasteiger partial charge in [-0.1, -0.05) is 41.6 Å². The number of rotatable bonds is 8. The average molecular weight is 405 g/mol. The molecule has 5 nitrogen and oxygen atoms in total. The molecule has 1 heterocycles. The van der Waals surface area contributed by atoms with E-state index in [9.17, 15) is 4.39 Å². The predicted molar refractivity (Wildman–Crippen MR) is 108 cm³/mol. The standard InChI is InChI=1S/C19H21FN4OS2/c1-13-7-8-16(14(2)11-13)25-12-18-22-23-19(24(18)21)27-10-9-26-17-6-4-3-5-15(17)20/h3-8,11H,9-10,12,21H2,1-2H3. The minimum absolute atomic E-state index is 0.194. The van der Waals surface area contributed by atoms with Crippen molar-refractivity contribution in [2.75, 3.05) is 17.3 Å². The maximum Gasteiger partial charge on any atom is 0.209 e. The molecule has 0 fully saturated rings. The Kier molecular flexibility index (Phi) is 6.63. The number of thioether (sulfide) groups is 2. The molecule has 0 unspecified atom stereocenters. The van der Waals surface area contributed by atoms with Crippen molar-refractivity contribution >= 4 is 23.5 Å². The maximum atomic E-state index is 13.6. The lowest BCUT2D eigenvalue weighted by Gasteiger charge is -2.09. The van der Waals surface area contributed by atoms with Crippen LogP contribution in [0, 0.1) is 19.7 Å². The lowest BCUT2D eigenvalue weighted by molar-refractivity contribution is 0.289. The minimum Gasteiger partial charge on any atom is -0.485 e. The first-order valence-electron chi connectivity index (χ1n) is 8.44. The fourth-order valence-electron chi connectivity index (χ4n) is 2.45. The van der Waals surface area contributed by atoms with E-state index in [0.717, 1.165) is 22.8 Å². The van der Waals surface area contributed by atoms with Crippen molar-refractivity contribution in [3.63, 3.8) is 0 Å². The summed E-state index contributed by atoms with van der Waals surface area (Å²) in [4.78, 5) is 0.648. The van der Waals surface area contributed by atoms with Crippen LogP contribution in [0.5, 0.6) is 5.75 Å². The first-order chi connectivity index (χ1) is 13.0. The van der Waals surface area contributed by atoms with Crippen molar-refractivity contribution in [3.05, 3.63) is 65.2 Å². The predicted octanol–water partition coefficient (Wildman–Crippen LogP) is 4.21. The van der Waals surface area contributed by atoms with Gasteiger partial charge >= 0.3 is 0 Å². The van der Waals surface area contributed by atoms with Crippen molar-refractivity contribution in [3.8, 4) is 5.75 Å². The highest BCUT2D eigenvalue weighted by molar-refractivity contribution is 8.02. The van der Waals surface area contributed by atoms with Crippen molar-refractivity contribution in [1.29, 1.82) is 0 Å². The van der Waals surface area contributed by atoms with Crippen LogP contribution in [0.25, 0.3) is 0 Å². The Morgan fingerprint density at radius 3 is 2.63 bits per heavy atom. The zero-order chi connectivity index (χ0) is 19.2. The second kappa shape index (κ2) is 9.14. The first-order valence-corrected chi connectivity index (χ1v) is 10.4. The van der Waals surface area contributed by atoms with Crippen molar-refractivity contribution in [2.45, 2.75) is 30.5 Å². The number of hydrogen-bond donors (Lipinski definition) is 1. The average Bonchev–Trinajstić information content (AvgIpc) is 2.99. The molecule has 0 atom stereocenters. The first kappa shape index (κ1) is 19.6. The summed E-state index contributed by atoms with van der Waals surface area (Å²) in [6.45, 7) is 4.29. The summed E-state index contributed by atoms with van der Waals surface area (Å²) < 4.78 is 20.9. The number of nitrogens with two attached hydrogens (primary N) is 1. The van der Waals surface area contributed by atoms with Gasteiger partial charge in [0.05, 0.1) is 0 Å². The van der Waals surface area contributed by atoms with Crippen LogP contribution in [-0.4, -0.2) is 26.4 Å². The molecule has 0 aliphatic carbocycles. The summed E-state index contributed by atoms with van der Waals surface area (Å²) in [5, 5.41) is 8.83. The van der Waals surface area contributed by atoms with E-state index in [2.05, 4.69) is 16.3 Å². The molecule has 0 bridgehead atoms. The van der Waals surface area contributed by atoms with Crippen molar-refractivity contribution in [1.82, 2.24) is 14.9 Å². The van der Waals surface area contributed by atoms with Gasteiger partial charge in [-0.3, -0.25) is 0 Å². The van der Waals surface area contributed by atoms with E-state index in [4.69, 9.17) is 10.6 Å². The molecule has 0 radical (unpaired) electrons. The summed E-state index contributed by atoms with van der Waals surface area (Å²) >= 11 is 2.96. The lowest BCUT2D eigenvalue weighted by atomic mass is 10.1. The Morgan fingerprint density at radius 2 is 1.85 bits per heavy atom. The number of benzene rings is 2. The summed E-state index contributed by atoms with van der Waals surface area (Å²) in [5.41, 5.74) is 2.26. The third-order valence-corrected chi connectivity index (χ3v) is 6.08. The largest absolute Gasteiger partial charge is 0.485 e. The molecule has 0 aliphatic heterocycles. The van der Waals surface area contributed by atoms with Gasteiger partial charge in [-0.25, -0.2) is 9.07 Å². The van der Waals surface area contributed by atoms with E-state index >= 15 is 0 Å². The molecule has 0 amide bonds. The van der Waals surface area contributed by atoms with E-state index in [1.54, 1.807) is 12.1 Å². The van der Waals surface area contributed by atoms with Gasteiger partial charge < -0.3 is 10.6 Å². The highest BCUT2D eigenvalue weighted by Gasteiger charge is 2.12. The van der Waals surface area contributed by atoms with Crippen LogP contribution in [-0.2, 0) is 6.61 Å². The topological polar surface area (TPSA) is 66.0 Å². The van der Waals surface area contributed by atoms with E-state index in [-0.39, 0.29) is 12.4 Å². The Morgan fingerprint density at radius 1 is 1.07 bits per heavy atom. The van der Waals surface area contributed by atoms with Gasteiger partial charge in [-0.05, 0) is 37.6 Å². The van der Waals surface area contributed by atoms with E-state index in [1.807, 2.05) is 32.0 Å². The smallest absolute Gasteiger partial charge is 0.209 e. The second-order valence-corrected chi connectivity index (χ2v) is 8.15. The van der Waals surface area contributed by atoms with Gasteiger partial charge in [0.15, 0.2) is 5.82 Å². The molecule has 142 valence electrons. The van der Waals surface area contributed by atoms with E-state index in [1.165, 1.54) is 39.8 Å². The van der Waals surface area contributed by atoms with E-state index < -0.39 is 0 Å². The van der Waals surface area contributed by atoms with Gasteiger partial charge in [-0.15, -0.1) is 22.0 Å². The molecular formula is C19H21FN4OS2. The quantitative estimate of drug-likeness (QED) is 0.345. The van der Waals surface area contributed by atoms with Gasteiger partial charge in [0.25, 0.3) is 0 Å². The Labute approximate surface area is 166 Å². The van der Waals surface area contributed by atoms with Crippen LogP contribution >= 0.6 is 23.5 Å². The zero-order valence-electron chi connectivity index (χ0n) is 15.2. The summed E-state index contributed by atoms with van der Waals surface area (Å²) in [6.07, 6.45) is 0. The van der Waals surface area contributed by atoms with Gasteiger partial charge in [-0.2, -0.15) is 0 Å². The number of halogens is 1. The number of aromatic nitrogens is 3. The van der Waals surface area contributed by atoms with E-state index in [0.29, 0.717) is 15.9 Å². The molecule has 1 aromatic heterocycles. The molecule has 0 saturated carbocycles. The molecule has 3 aromatic rings. The van der Waals surface area contributed by atoms with Crippen molar-refractivity contribution < 1.29 is 9.13 Å². The third kappa shape index (κ3) is 5.17. The second-order valence-electron chi connectivity index (χ2n) is 5.95. The van der Waals surface area contributed by atoms with Crippen molar-refractivity contribution in [2.24, 2.45) is 0 Å². The molecule has 27 heavy (non-hydrogen) atoms. The van der Waals surface area contributed by atoms with Gasteiger partial charge in [0.1, 0.15) is 18.2 Å². The fraction of sp³-hybridized carbons (Fsp3) is 0.263. The molecule has 2 aromatic carbocycles. The molecule has 0 aliphatic rings. The third-order valence-electron chi connectivity index (χ3n) is 3.83. The van der Waals surface area contributed by atoms with Crippen LogP contribution in [0.1, 0.15) is 17.0 Å². The highest BCUT2D eigenvalue weighted by Crippen LogP contribution is 2.24. The van der Waals surface area contributed by atoms with Crippen LogP contribution in [0.4, 0.5) is 4.39 Å². The lowest BCUT2D eigenvalue weighted by Crippen LogP contribution is -2.16. The number of aryl methyl sites for hydroxylation is 2. The number of ether oxygens (including phenoxy) is 1. The Bertz CT molecular complexity index is 916. The number of nitrogen functional groups attached to an aromatic ring is 1. The minimum atomic E-state index is -0.194. The van der Waals surface area contributed by atoms with Gasteiger partial charge in [0, 0.05) is 16.4 Å². The van der Waals surface area contributed by atoms with Crippen LogP contribution < -0.4 is 10.6 Å². The SMILES string of the molecule is Cc1ccc(OCc2nnc(SCCSc3ccccc3F)n2N)c(C)c1. The maximum absolute atomic E-state index is 13.6. The monoisotopic (exact) mass is 404 g/mol. The normalized spacial score (nSPS) is 10.9. The fourth-order valence-corrected chi connectivity index (χ4v) is 4.25. The molecule has 0 spiro atoms. The summed E-state index contributed by atoms with van der Waals surface area (Å²) in [7, 11) is 0. The number of hydrogen-bond acceptors (Lipinski definition) is 6. The van der Waals surface area contributed by atoms with Gasteiger partial charge in [0.2, 0.25) is 5.16 Å². The van der Waals surface area contributed by atoms with Crippen LogP contribution in [0.15, 0.2) is 52.5 Å². The zero-order valence-corrected chi connectivity index (χ0v) is 16.8.